The molecule has 38 valence electrons. The van der Waals surface area contributed by atoms with Gasteiger partial charge in [0.05, 0.1) is 0 Å². The molecule has 1 heterocycles. The van der Waals surface area contributed by atoms with Crippen molar-refractivity contribution in [3.8, 4) is 0 Å². The standard InChI is InChI=1S/C6H8P.Li/c1-5-3-7-4-6(5)2;/h3-4H,1-2H3;/q-1;+1. The van der Waals surface area contributed by atoms with Gasteiger partial charge in [0.25, 0.3) is 0 Å². The molecule has 0 aliphatic heterocycles. The van der Waals surface area contributed by atoms with Crippen LogP contribution in [0, 0.1) is 13.8 Å². The summed E-state index contributed by atoms with van der Waals surface area (Å²) in [7, 11) is 1.36. The van der Waals surface area contributed by atoms with E-state index in [0.29, 0.717) is 0 Å². The Hall–Kier alpha value is 0.377. The molecule has 1 aromatic rings. The first-order valence-corrected chi connectivity index (χ1v) is 3.38. The van der Waals surface area contributed by atoms with Gasteiger partial charge < -0.3 is 8.19 Å². The molecule has 0 nitrogen and oxygen atoms in total. The van der Waals surface area contributed by atoms with Crippen LogP contribution in [-0.2, 0) is 0 Å². The predicted octanol–water partition coefficient (Wildman–Crippen LogP) is -0.394. The van der Waals surface area contributed by atoms with Gasteiger partial charge in [-0.15, -0.1) is 0 Å². The van der Waals surface area contributed by atoms with E-state index in [4.69, 9.17) is 0 Å². The van der Waals surface area contributed by atoms with E-state index in [-0.39, 0.29) is 18.9 Å². The van der Waals surface area contributed by atoms with Crippen molar-refractivity contribution >= 4 is 8.19 Å². The Labute approximate surface area is 63.9 Å². The summed E-state index contributed by atoms with van der Waals surface area (Å²) in [5.41, 5.74) is 2.86. The second-order valence-electron chi connectivity index (χ2n) is 1.77. The monoisotopic (exact) mass is 118 g/mol. The predicted molar refractivity (Wildman–Crippen MR) is 34.0 cm³/mol. The van der Waals surface area contributed by atoms with Gasteiger partial charge in [-0.2, -0.15) is 0 Å². The van der Waals surface area contributed by atoms with Crippen molar-refractivity contribution in [1.29, 1.82) is 0 Å². The minimum absolute atomic E-state index is 0. The molecule has 1 aromatic heterocycles. The Bertz CT molecular complexity index is 141. The summed E-state index contributed by atoms with van der Waals surface area (Å²) in [6.45, 7) is 4.29. The van der Waals surface area contributed by atoms with Crippen molar-refractivity contribution in [3.63, 3.8) is 0 Å². The summed E-state index contributed by atoms with van der Waals surface area (Å²) < 4.78 is 0. The molecular weight excluding hydrogens is 110 g/mol. The zero-order chi connectivity index (χ0) is 5.28. The van der Waals surface area contributed by atoms with Gasteiger partial charge in [-0.25, -0.2) is 11.6 Å². The van der Waals surface area contributed by atoms with Gasteiger partial charge >= 0.3 is 18.9 Å². The summed E-state index contributed by atoms with van der Waals surface area (Å²) in [5.74, 6) is 4.44. The molecular formula is C6H8LiP. The zero-order valence-electron chi connectivity index (χ0n) is 5.60. The van der Waals surface area contributed by atoms with Gasteiger partial charge in [-0.05, 0) is 13.8 Å². The van der Waals surface area contributed by atoms with Crippen molar-refractivity contribution in [2.45, 2.75) is 13.8 Å². The SMILES string of the molecule is Cc1c[p-]cc1C.[Li+]. The maximum atomic E-state index is 2.22. The fourth-order valence-electron chi connectivity index (χ4n) is 0.465. The van der Waals surface area contributed by atoms with E-state index >= 15 is 0 Å². The second kappa shape index (κ2) is 3.41. The Balaban J connectivity index is 0.000000490. The van der Waals surface area contributed by atoms with Gasteiger partial charge in [-0.1, -0.05) is 11.1 Å². The molecule has 0 atom stereocenters. The Kier molecular flexibility index (Phi) is 3.57. The molecule has 0 saturated carbocycles. The third kappa shape index (κ3) is 1.71. The fourth-order valence-corrected chi connectivity index (χ4v) is 1.39. The fraction of sp³-hybridized carbons (Fsp3) is 0.333. The average Bonchev–Trinajstić information content (AvgIpc) is 1.91. The van der Waals surface area contributed by atoms with Crippen LogP contribution in [0.4, 0.5) is 0 Å². The van der Waals surface area contributed by atoms with E-state index < -0.39 is 0 Å². The van der Waals surface area contributed by atoms with E-state index in [1.165, 1.54) is 19.3 Å². The molecule has 0 unspecified atom stereocenters. The van der Waals surface area contributed by atoms with Crippen LogP contribution in [0.5, 0.6) is 0 Å². The van der Waals surface area contributed by atoms with Crippen molar-refractivity contribution < 1.29 is 18.9 Å². The second-order valence-corrected chi connectivity index (χ2v) is 2.59. The molecule has 0 N–H and O–H groups in total. The topological polar surface area (TPSA) is 0 Å². The maximum Gasteiger partial charge on any atom is 1.00 e. The maximum absolute atomic E-state index is 2.22. The normalized spacial score (nSPS) is 8.25. The van der Waals surface area contributed by atoms with Crippen LogP contribution >= 0.6 is 8.19 Å². The Morgan fingerprint density at radius 2 is 1.50 bits per heavy atom. The minimum Gasteiger partial charge on any atom is -0.531 e. The van der Waals surface area contributed by atoms with E-state index in [0.717, 1.165) is 0 Å². The molecule has 0 amide bonds. The number of hydrogen-bond acceptors (Lipinski definition) is 0. The Morgan fingerprint density at radius 3 is 1.62 bits per heavy atom. The summed E-state index contributed by atoms with van der Waals surface area (Å²) in [4.78, 5) is 0. The summed E-state index contributed by atoms with van der Waals surface area (Å²) in [5, 5.41) is 0. The largest absolute Gasteiger partial charge is 1.00 e. The summed E-state index contributed by atoms with van der Waals surface area (Å²) in [6.07, 6.45) is 0. The first-order valence-electron chi connectivity index (χ1n) is 2.34. The van der Waals surface area contributed by atoms with Crippen LogP contribution in [0.3, 0.4) is 0 Å². The number of aryl methyl sites for hydroxylation is 2. The molecule has 0 saturated heterocycles. The van der Waals surface area contributed by atoms with E-state index in [2.05, 4.69) is 25.4 Å². The molecule has 2 heteroatoms. The van der Waals surface area contributed by atoms with E-state index in [1.54, 1.807) is 0 Å². The molecule has 0 radical (unpaired) electrons. The van der Waals surface area contributed by atoms with Crippen LogP contribution in [0.15, 0.2) is 11.6 Å². The Morgan fingerprint density at radius 1 is 1.12 bits per heavy atom. The van der Waals surface area contributed by atoms with Gasteiger partial charge in [0.2, 0.25) is 0 Å². The van der Waals surface area contributed by atoms with Crippen molar-refractivity contribution in [2.24, 2.45) is 0 Å². The van der Waals surface area contributed by atoms with Crippen molar-refractivity contribution in [2.75, 3.05) is 0 Å². The summed E-state index contributed by atoms with van der Waals surface area (Å²) >= 11 is 0. The van der Waals surface area contributed by atoms with Crippen LogP contribution < -0.4 is 18.9 Å². The quantitative estimate of drug-likeness (QED) is 0.407. The van der Waals surface area contributed by atoms with Gasteiger partial charge in [0, 0.05) is 0 Å². The zero-order valence-corrected chi connectivity index (χ0v) is 6.50. The minimum atomic E-state index is 0. The molecule has 1 rings (SSSR count). The number of hydrogen-bond donors (Lipinski definition) is 0. The van der Waals surface area contributed by atoms with Crippen LogP contribution in [0.25, 0.3) is 0 Å². The van der Waals surface area contributed by atoms with E-state index in [9.17, 15) is 0 Å². The van der Waals surface area contributed by atoms with Crippen molar-refractivity contribution in [1.82, 2.24) is 0 Å². The van der Waals surface area contributed by atoms with E-state index in [1.807, 2.05) is 0 Å². The van der Waals surface area contributed by atoms with Crippen molar-refractivity contribution in [3.05, 3.63) is 22.7 Å². The smallest absolute Gasteiger partial charge is 0.531 e. The first-order chi connectivity index (χ1) is 3.30. The van der Waals surface area contributed by atoms with Gasteiger partial charge in [-0.3, -0.25) is 0 Å². The molecule has 0 aliphatic rings. The molecule has 0 aromatic carbocycles. The van der Waals surface area contributed by atoms with Crippen LogP contribution in [-0.4, -0.2) is 0 Å². The third-order valence-electron chi connectivity index (χ3n) is 1.16. The molecule has 0 spiro atoms. The first kappa shape index (κ1) is 8.38. The molecule has 8 heavy (non-hydrogen) atoms. The summed E-state index contributed by atoms with van der Waals surface area (Å²) in [6, 6.07) is 0. The average molecular weight is 118 g/mol. The van der Waals surface area contributed by atoms with Gasteiger partial charge in [0.15, 0.2) is 0 Å². The molecule has 0 aliphatic carbocycles. The molecule has 0 bridgehead atoms. The van der Waals surface area contributed by atoms with Crippen LogP contribution in [0.2, 0.25) is 0 Å². The third-order valence-corrected chi connectivity index (χ3v) is 2.23. The molecule has 0 fully saturated rings. The van der Waals surface area contributed by atoms with Gasteiger partial charge in [0.1, 0.15) is 0 Å². The van der Waals surface area contributed by atoms with Crippen LogP contribution in [0.1, 0.15) is 11.1 Å². The number of rotatable bonds is 0.